The summed E-state index contributed by atoms with van der Waals surface area (Å²) in [6.45, 7) is 0. The molecule has 238 valence electrons. The van der Waals surface area contributed by atoms with E-state index in [0.29, 0.717) is 17.6 Å². The Balaban J connectivity index is 1.18. The fourth-order valence-electron chi connectivity index (χ4n) is 7.65. The van der Waals surface area contributed by atoms with Crippen LogP contribution in [0, 0.1) is 0 Å². The quantitative estimate of drug-likeness (QED) is 0.187. The third kappa shape index (κ3) is 4.24. The zero-order valence-electron chi connectivity index (χ0n) is 27.1. The minimum atomic E-state index is 0.554. The van der Waals surface area contributed by atoms with Gasteiger partial charge in [-0.2, -0.15) is 9.97 Å². The molecule has 0 aliphatic carbocycles. The standard InChI is InChI=1S/C45H26N4OS/c1-2-13-27(14-3-1)43-46-44(48-45(47-43)49-36-23-7-4-15-28(36)29-16-5-8-24-37(29)49)35-22-11-21-34-40-31(18-12-25-38(40)50-41(34)35)33-20-10-19-32-30-17-6-9-26-39(30)51-42(32)33/h1-26H. The first kappa shape index (κ1) is 28.2. The summed E-state index contributed by atoms with van der Waals surface area (Å²) in [5.74, 6) is 1.71. The van der Waals surface area contributed by atoms with Gasteiger partial charge in [0.15, 0.2) is 11.6 Å². The lowest BCUT2D eigenvalue weighted by atomic mass is 9.97. The minimum Gasteiger partial charge on any atom is -0.455 e. The van der Waals surface area contributed by atoms with E-state index in [4.69, 9.17) is 19.4 Å². The van der Waals surface area contributed by atoms with Gasteiger partial charge in [0.2, 0.25) is 5.95 Å². The molecule has 0 unspecified atom stereocenters. The molecule has 51 heavy (non-hydrogen) atoms. The highest BCUT2D eigenvalue weighted by molar-refractivity contribution is 7.26. The molecular formula is C45H26N4OS. The van der Waals surface area contributed by atoms with E-state index in [1.54, 1.807) is 0 Å². The Kier molecular flexibility index (Phi) is 6.05. The molecule has 0 atom stereocenters. The van der Waals surface area contributed by atoms with Crippen molar-refractivity contribution in [1.82, 2.24) is 19.5 Å². The van der Waals surface area contributed by atoms with E-state index in [-0.39, 0.29) is 0 Å². The van der Waals surface area contributed by atoms with Gasteiger partial charge in [-0.25, -0.2) is 4.98 Å². The monoisotopic (exact) mass is 670 g/mol. The van der Waals surface area contributed by atoms with Crippen LogP contribution in [-0.2, 0) is 0 Å². The van der Waals surface area contributed by atoms with Crippen LogP contribution in [0.2, 0.25) is 0 Å². The van der Waals surface area contributed by atoms with Crippen molar-refractivity contribution in [3.63, 3.8) is 0 Å². The van der Waals surface area contributed by atoms with Gasteiger partial charge in [0.05, 0.1) is 16.6 Å². The molecule has 4 heterocycles. The van der Waals surface area contributed by atoms with Crippen molar-refractivity contribution in [1.29, 1.82) is 0 Å². The lowest BCUT2D eigenvalue weighted by Crippen LogP contribution is -2.06. The average molecular weight is 671 g/mol. The summed E-state index contributed by atoms with van der Waals surface area (Å²) in [5.41, 5.74) is 7.73. The first-order valence-electron chi connectivity index (χ1n) is 17.0. The summed E-state index contributed by atoms with van der Waals surface area (Å²) in [6, 6.07) is 54.8. The third-order valence-corrected chi connectivity index (χ3v) is 11.1. The summed E-state index contributed by atoms with van der Waals surface area (Å²) in [6.07, 6.45) is 0. The van der Waals surface area contributed by atoms with E-state index in [1.165, 1.54) is 25.7 Å². The van der Waals surface area contributed by atoms with Gasteiger partial charge in [-0.15, -0.1) is 11.3 Å². The zero-order valence-corrected chi connectivity index (χ0v) is 27.9. The first-order chi connectivity index (χ1) is 25.3. The van der Waals surface area contributed by atoms with E-state index in [0.717, 1.165) is 60.4 Å². The Labute approximate surface area is 295 Å². The fourth-order valence-corrected chi connectivity index (χ4v) is 8.88. The van der Waals surface area contributed by atoms with Gasteiger partial charge in [-0.05, 0) is 35.9 Å². The largest absolute Gasteiger partial charge is 0.455 e. The van der Waals surface area contributed by atoms with Crippen molar-refractivity contribution < 1.29 is 4.42 Å². The van der Waals surface area contributed by atoms with E-state index in [1.807, 2.05) is 41.7 Å². The lowest BCUT2D eigenvalue weighted by molar-refractivity contribution is 0.669. The van der Waals surface area contributed by atoms with Crippen molar-refractivity contribution in [3.05, 3.63) is 158 Å². The normalized spacial score (nSPS) is 11.9. The summed E-state index contributed by atoms with van der Waals surface area (Å²) >= 11 is 1.84. The Morgan fingerprint density at radius 3 is 1.86 bits per heavy atom. The maximum atomic E-state index is 6.78. The van der Waals surface area contributed by atoms with Gasteiger partial charge in [0.1, 0.15) is 11.2 Å². The second-order valence-corrected chi connectivity index (χ2v) is 13.8. The average Bonchev–Trinajstić information content (AvgIpc) is 3.88. The van der Waals surface area contributed by atoms with Crippen LogP contribution in [0.4, 0.5) is 0 Å². The number of nitrogens with zero attached hydrogens (tertiary/aromatic N) is 4. The maximum Gasteiger partial charge on any atom is 0.238 e. The van der Waals surface area contributed by atoms with Crippen LogP contribution in [0.3, 0.4) is 0 Å². The van der Waals surface area contributed by atoms with Gasteiger partial charge in [0.25, 0.3) is 0 Å². The van der Waals surface area contributed by atoms with E-state index < -0.39 is 0 Å². The third-order valence-electron chi connectivity index (χ3n) is 9.89. The predicted molar refractivity (Wildman–Crippen MR) is 211 cm³/mol. The summed E-state index contributed by atoms with van der Waals surface area (Å²) in [5, 5.41) is 6.97. The molecule has 11 aromatic rings. The van der Waals surface area contributed by atoms with Gasteiger partial charge >= 0.3 is 0 Å². The molecule has 0 N–H and O–H groups in total. The molecule has 0 saturated carbocycles. The van der Waals surface area contributed by atoms with Gasteiger partial charge in [0, 0.05) is 52.8 Å². The van der Waals surface area contributed by atoms with Crippen LogP contribution in [0.25, 0.3) is 104 Å². The van der Waals surface area contributed by atoms with Crippen LogP contribution in [0.15, 0.2) is 162 Å². The van der Waals surface area contributed by atoms with Crippen molar-refractivity contribution in [3.8, 4) is 39.9 Å². The number of para-hydroxylation sites is 3. The van der Waals surface area contributed by atoms with E-state index >= 15 is 0 Å². The highest BCUT2D eigenvalue weighted by atomic mass is 32.1. The van der Waals surface area contributed by atoms with E-state index in [2.05, 4.69) is 132 Å². The summed E-state index contributed by atoms with van der Waals surface area (Å²) in [7, 11) is 0. The van der Waals surface area contributed by atoms with E-state index in [9.17, 15) is 0 Å². The molecule has 0 radical (unpaired) electrons. The molecule has 0 fully saturated rings. The Bertz CT molecular complexity index is 3100. The molecule has 5 nitrogen and oxygen atoms in total. The number of hydrogen-bond acceptors (Lipinski definition) is 5. The highest BCUT2D eigenvalue weighted by Gasteiger charge is 2.22. The molecular weight excluding hydrogens is 645 g/mol. The minimum absolute atomic E-state index is 0.554. The number of rotatable bonds is 4. The Hall–Kier alpha value is -6.63. The van der Waals surface area contributed by atoms with Crippen LogP contribution in [0.1, 0.15) is 0 Å². The smallest absolute Gasteiger partial charge is 0.238 e. The van der Waals surface area contributed by atoms with Gasteiger partial charge in [-0.1, -0.05) is 127 Å². The molecule has 4 aromatic heterocycles. The predicted octanol–water partition coefficient (Wildman–Crippen LogP) is 12.2. The molecule has 7 aromatic carbocycles. The number of aromatic nitrogens is 4. The molecule has 0 saturated heterocycles. The Morgan fingerprint density at radius 2 is 1.06 bits per heavy atom. The molecule has 11 rings (SSSR count). The van der Waals surface area contributed by atoms with Crippen molar-refractivity contribution in [2.45, 2.75) is 0 Å². The number of hydrogen-bond donors (Lipinski definition) is 0. The number of fused-ring (bicyclic) bond motifs is 9. The SMILES string of the molecule is c1ccc(-c2nc(-c3cccc4c3oc3cccc(-c5cccc6c5sc5ccccc56)c34)nc(-n3c4ccccc4c4ccccc43)n2)cc1. The van der Waals surface area contributed by atoms with Crippen LogP contribution < -0.4 is 0 Å². The van der Waals surface area contributed by atoms with Gasteiger partial charge in [-0.3, -0.25) is 4.57 Å². The second-order valence-electron chi connectivity index (χ2n) is 12.8. The second kappa shape index (κ2) is 10.9. The molecule has 6 heteroatoms. The summed E-state index contributed by atoms with van der Waals surface area (Å²) < 4.78 is 11.5. The zero-order chi connectivity index (χ0) is 33.5. The molecule has 0 amide bonds. The first-order valence-corrected chi connectivity index (χ1v) is 17.8. The molecule has 0 aliphatic rings. The maximum absolute atomic E-state index is 6.78. The molecule has 0 bridgehead atoms. The van der Waals surface area contributed by atoms with Crippen molar-refractivity contribution in [2.24, 2.45) is 0 Å². The topological polar surface area (TPSA) is 56.7 Å². The number of thiophene rings is 1. The fraction of sp³-hybridized carbons (Fsp3) is 0. The van der Waals surface area contributed by atoms with Crippen LogP contribution in [-0.4, -0.2) is 19.5 Å². The van der Waals surface area contributed by atoms with Crippen molar-refractivity contribution in [2.75, 3.05) is 0 Å². The number of furan rings is 1. The highest BCUT2D eigenvalue weighted by Crippen LogP contribution is 2.45. The van der Waals surface area contributed by atoms with Crippen molar-refractivity contribution >= 4 is 75.3 Å². The summed E-state index contributed by atoms with van der Waals surface area (Å²) in [4.78, 5) is 15.4. The van der Waals surface area contributed by atoms with Gasteiger partial charge < -0.3 is 4.42 Å². The number of benzene rings is 7. The van der Waals surface area contributed by atoms with Crippen LogP contribution in [0.5, 0.6) is 0 Å². The lowest BCUT2D eigenvalue weighted by Gasteiger charge is -2.11. The molecule has 0 spiro atoms. The van der Waals surface area contributed by atoms with Crippen LogP contribution >= 0.6 is 11.3 Å². The molecule has 0 aliphatic heterocycles. The Morgan fingerprint density at radius 1 is 0.451 bits per heavy atom.